The Kier molecular flexibility index (Phi) is 3.20. The fraction of sp³-hybridized carbons (Fsp3) is 0.500. The maximum absolute atomic E-state index is 4.90. The highest BCUT2D eigenvalue weighted by molar-refractivity contribution is 9.10. The van der Waals surface area contributed by atoms with Crippen LogP contribution in [0, 0.1) is 5.92 Å². The van der Waals surface area contributed by atoms with Gasteiger partial charge in [-0.25, -0.2) is 4.98 Å². The molecule has 96 valence electrons. The van der Waals surface area contributed by atoms with Crippen LogP contribution in [-0.4, -0.2) is 18.1 Å². The zero-order valence-corrected chi connectivity index (χ0v) is 13.1. The first-order valence-electron chi connectivity index (χ1n) is 6.39. The predicted octanol–water partition coefficient (Wildman–Crippen LogP) is 3.95. The Morgan fingerprint density at radius 2 is 2.28 bits per heavy atom. The topological polar surface area (TPSA) is 24.9 Å². The van der Waals surface area contributed by atoms with Gasteiger partial charge < -0.3 is 5.32 Å². The van der Waals surface area contributed by atoms with Gasteiger partial charge in [-0.05, 0) is 37.1 Å². The van der Waals surface area contributed by atoms with Crippen molar-refractivity contribution in [3.8, 4) is 0 Å². The molecule has 1 N–H and O–H groups in total. The summed E-state index contributed by atoms with van der Waals surface area (Å²) in [5, 5.41) is 4.81. The molecule has 1 atom stereocenters. The number of rotatable bonds is 2. The summed E-state index contributed by atoms with van der Waals surface area (Å²) in [4.78, 5) is 4.90. The standard InChI is InChI=1S/C14H17BrN2S/c1-9(2)14(5-6-16-8-14)13-17-11-7-10(15)3-4-12(11)18-13/h3-4,7,9,16H,5-6,8H2,1-2H3. The Labute approximate surface area is 120 Å². The number of halogens is 1. The first kappa shape index (κ1) is 12.6. The summed E-state index contributed by atoms with van der Waals surface area (Å²) in [6.45, 7) is 6.80. The Morgan fingerprint density at radius 1 is 1.44 bits per heavy atom. The van der Waals surface area contributed by atoms with Crippen LogP contribution in [0.5, 0.6) is 0 Å². The molecule has 0 saturated carbocycles. The molecule has 3 rings (SSSR count). The molecule has 0 amide bonds. The molecule has 1 unspecified atom stereocenters. The molecule has 1 aliphatic heterocycles. The average Bonchev–Trinajstić information content (AvgIpc) is 2.94. The number of aromatic nitrogens is 1. The number of hydrogen-bond donors (Lipinski definition) is 1. The highest BCUT2D eigenvalue weighted by Gasteiger charge is 2.41. The van der Waals surface area contributed by atoms with Gasteiger partial charge in [0.05, 0.1) is 10.2 Å². The van der Waals surface area contributed by atoms with Gasteiger partial charge in [-0.3, -0.25) is 0 Å². The van der Waals surface area contributed by atoms with Gasteiger partial charge in [-0.1, -0.05) is 29.8 Å². The highest BCUT2D eigenvalue weighted by atomic mass is 79.9. The average molecular weight is 325 g/mol. The smallest absolute Gasteiger partial charge is 0.102 e. The lowest BCUT2D eigenvalue weighted by Crippen LogP contribution is -2.34. The third kappa shape index (κ3) is 1.91. The summed E-state index contributed by atoms with van der Waals surface area (Å²) >= 11 is 5.38. The minimum atomic E-state index is 0.232. The van der Waals surface area contributed by atoms with Crippen molar-refractivity contribution in [1.82, 2.24) is 10.3 Å². The monoisotopic (exact) mass is 324 g/mol. The number of hydrogen-bond acceptors (Lipinski definition) is 3. The van der Waals surface area contributed by atoms with Crippen LogP contribution in [0.4, 0.5) is 0 Å². The Balaban J connectivity index is 2.12. The number of thiazole rings is 1. The number of nitrogens with one attached hydrogen (secondary N) is 1. The van der Waals surface area contributed by atoms with Crippen LogP contribution >= 0.6 is 27.3 Å². The van der Waals surface area contributed by atoms with E-state index in [0.717, 1.165) is 23.1 Å². The molecule has 18 heavy (non-hydrogen) atoms. The molecule has 0 radical (unpaired) electrons. The predicted molar refractivity (Wildman–Crippen MR) is 81.3 cm³/mol. The first-order valence-corrected chi connectivity index (χ1v) is 8.00. The summed E-state index contributed by atoms with van der Waals surface area (Å²) in [6, 6.07) is 6.38. The summed E-state index contributed by atoms with van der Waals surface area (Å²) in [7, 11) is 0. The van der Waals surface area contributed by atoms with Crippen LogP contribution < -0.4 is 5.32 Å². The van der Waals surface area contributed by atoms with Gasteiger partial charge in [0.15, 0.2) is 0 Å². The second kappa shape index (κ2) is 4.58. The van der Waals surface area contributed by atoms with Crippen molar-refractivity contribution in [2.75, 3.05) is 13.1 Å². The Morgan fingerprint density at radius 3 is 2.94 bits per heavy atom. The molecule has 2 nitrogen and oxygen atoms in total. The summed E-state index contributed by atoms with van der Waals surface area (Å²) in [5.41, 5.74) is 1.35. The normalized spacial score (nSPS) is 24.2. The second-order valence-corrected chi connectivity index (χ2v) is 7.32. The molecular formula is C14H17BrN2S. The molecule has 1 aromatic heterocycles. The van der Waals surface area contributed by atoms with E-state index < -0.39 is 0 Å². The number of benzene rings is 1. The van der Waals surface area contributed by atoms with Crippen LogP contribution in [0.15, 0.2) is 22.7 Å². The van der Waals surface area contributed by atoms with E-state index in [1.807, 2.05) is 11.3 Å². The van der Waals surface area contributed by atoms with Crippen molar-refractivity contribution < 1.29 is 0 Å². The largest absolute Gasteiger partial charge is 0.316 e. The fourth-order valence-corrected chi connectivity index (χ4v) is 4.41. The van der Waals surface area contributed by atoms with Crippen LogP contribution in [0.2, 0.25) is 0 Å². The minimum absolute atomic E-state index is 0.232. The zero-order valence-electron chi connectivity index (χ0n) is 10.7. The molecule has 1 saturated heterocycles. The zero-order chi connectivity index (χ0) is 12.8. The van der Waals surface area contributed by atoms with E-state index in [1.165, 1.54) is 16.1 Å². The van der Waals surface area contributed by atoms with Crippen molar-refractivity contribution >= 4 is 37.5 Å². The van der Waals surface area contributed by atoms with Crippen molar-refractivity contribution in [2.24, 2.45) is 5.92 Å². The third-order valence-corrected chi connectivity index (χ3v) is 5.82. The van der Waals surface area contributed by atoms with Crippen molar-refractivity contribution in [3.05, 3.63) is 27.7 Å². The van der Waals surface area contributed by atoms with Gasteiger partial charge in [-0.15, -0.1) is 11.3 Å². The molecule has 0 bridgehead atoms. The van der Waals surface area contributed by atoms with Gasteiger partial charge in [0.25, 0.3) is 0 Å². The molecule has 0 aliphatic carbocycles. The van der Waals surface area contributed by atoms with E-state index in [9.17, 15) is 0 Å². The SMILES string of the molecule is CC(C)C1(c2nc3cc(Br)ccc3s2)CCNC1. The summed E-state index contributed by atoms with van der Waals surface area (Å²) < 4.78 is 2.40. The summed E-state index contributed by atoms with van der Waals surface area (Å²) in [6.07, 6.45) is 1.20. The van der Waals surface area contributed by atoms with E-state index in [-0.39, 0.29) is 5.41 Å². The van der Waals surface area contributed by atoms with Gasteiger partial charge in [0, 0.05) is 16.4 Å². The van der Waals surface area contributed by atoms with Gasteiger partial charge in [0.2, 0.25) is 0 Å². The van der Waals surface area contributed by atoms with Crippen molar-refractivity contribution in [3.63, 3.8) is 0 Å². The van der Waals surface area contributed by atoms with Gasteiger partial charge in [0.1, 0.15) is 5.01 Å². The first-order chi connectivity index (χ1) is 8.62. The number of fused-ring (bicyclic) bond motifs is 1. The van der Waals surface area contributed by atoms with E-state index in [1.54, 1.807) is 0 Å². The van der Waals surface area contributed by atoms with Gasteiger partial charge in [-0.2, -0.15) is 0 Å². The molecule has 1 aromatic carbocycles. The molecule has 1 fully saturated rings. The van der Waals surface area contributed by atoms with E-state index >= 15 is 0 Å². The fourth-order valence-electron chi connectivity index (χ4n) is 2.75. The highest BCUT2D eigenvalue weighted by Crippen LogP contribution is 2.41. The lowest BCUT2D eigenvalue weighted by molar-refractivity contribution is 0.336. The lowest BCUT2D eigenvalue weighted by atomic mass is 9.77. The number of nitrogens with zero attached hydrogens (tertiary/aromatic N) is 1. The Bertz CT molecular complexity index is 570. The minimum Gasteiger partial charge on any atom is -0.316 e. The molecular weight excluding hydrogens is 308 g/mol. The van der Waals surface area contributed by atoms with Crippen molar-refractivity contribution in [2.45, 2.75) is 25.7 Å². The van der Waals surface area contributed by atoms with E-state index in [0.29, 0.717) is 5.92 Å². The third-order valence-electron chi connectivity index (χ3n) is 4.07. The molecule has 2 aromatic rings. The van der Waals surface area contributed by atoms with Crippen LogP contribution in [0.1, 0.15) is 25.3 Å². The summed E-state index contributed by atoms with van der Waals surface area (Å²) in [5.74, 6) is 0.622. The quantitative estimate of drug-likeness (QED) is 0.904. The molecule has 1 aliphatic rings. The van der Waals surface area contributed by atoms with Crippen LogP contribution in [-0.2, 0) is 5.41 Å². The lowest BCUT2D eigenvalue weighted by Gasteiger charge is -2.30. The maximum atomic E-state index is 4.90. The van der Waals surface area contributed by atoms with E-state index in [2.05, 4.69) is 53.3 Å². The van der Waals surface area contributed by atoms with Gasteiger partial charge >= 0.3 is 0 Å². The second-order valence-electron chi connectivity index (χ2n) is 5.37. The van der Waals surface area contributed by atoms with Crippen molar-refractivity contribution in [1.29, 1.82) is 0 Å². The molecule has 4 heteroatoms. The van der Waals surface area contributed by atoms with Crippen LogP contribution in [0.3, 0.4) is 0 Å². The Hall–Kier alpha value is -0.450. The molecule has 2 heterocycles. The maximum Gasteiger partial charge on any atom is 0.102 e. The molecule has 0 spiro atoms. The van der Waals surface area contributed by atoms with E-state index in [4.69, 9.17) is 4.98 Å². The van der Waals surface area contributed by atoms with Crippen LogP contribution in [0.25, 0.3) is 10.2 Å².